The molecule has 3 aromatic rings. The summed E-state index contributed by atoms with van der Waals surface area (Å²) in [5, 5.41) is 3.44. The van der Waals surface area contributed by atoms with E-state index >= 15 is 0 Å². The largest absolute Gasteiger partial charge is 0.346 e. The van der Waals surface area contributed by atoms with Crippen LogP contribution in [0, 0.1) is 0 Å². The van der Waals surface area contributed by atoms with Gasteiger partial charge >= 0.3 is 0 Å². The van der Waals surface area contributed by atoms with Crippen molar-refractivity contribution in [3.05, 3.63) is 37.1 Å². The zero-order valence-corrected chi connectivity index (χ0v) is 6.86. The second-order valence-corrected chi connectivity index (χ2v) is 2.99. The minimum absolute atomic E-state index is 1.09. The van der Waals surface area contributed by atoms with Crippen molar-refractivity contribution < 1.29 is 0 Å². The first-order valence-electron chi connectivity index (χ1n) is 4.10. The number of fused-ring (bicyclic) bond motifs is 3. The fourth-order valence-corrected chi connectivity index (χ4v) is 1.59. The maximum absolute atomic E-state index is 4.11. The summed E-state index contributed by atoms with van der Waals surface area (Å²) in [6.07, 6.45) is 7.27. The van der Waals surface area contributed by atoms with Crippen molar-refractivity contribution in [1.82, 2.24) is 15.0 Å². The lowest BCUT2D eigenvalue weighted by Gasteiger charge is -1.97. The van der Waals surface area contributed by atoms with Crippen LogP contribution >= 0.6 is 0 Å². The van der Waals surface area contributed by atoms with Gasteiger partial charge in [0, 0.05) is 40.3 Å². The summed E-state index contributed by atoms with van der Waals surface area (Å²) < 4.78 is 0. The molecule has 3 heteroatoms. The maximum Gasteiger partial charge on any atom is 0.0923 e. The Kier molecular flexibility index (Phi) is 1.16. The molecule has 3 nitrogen and oxygen atoms in total. The molecule has 0 unspecified atom stereocenters. The highest BCUT2D eigenvalue weighted by atomic mass is 14.8. The summed E-state index contributed by atoms with van der Waals surface area (Å²) in [5.74, 6) is 0. The molecule has 0 aliphatic carbocycles. The minimum Gasteiger partial charge on any atom is -0.346 e. The van der Waals surface area contributed by atoms with E-state index in [0.29, 0.717) is 0 Å². The van der Waals surface area contributed by atoms with Gasteiger partial charge in [0.15, 0.2) is 0 Å². The SMILES string of the molecule is c1ncc2c(ccc3cncc32)[nH]1. The van der Waals surface area contributed by atoms with Gasteiger partial charge in [-0.25, -0.2) is 4.98 Å². The van der Waals surface area contributed by atoms with Gasteiger partial charge < -0.3 is 4.98 Å². The molecule has 0 fully saturated rings. The van der Waals surface area contributed by atoms with Crippen molar-refractivity contribution in [2.75, 3.05) is 0 Å². The molecular formula is C10H7N3. The number of aromatic amines is 1. The summed E-state index contributed by atoms with van der Waals surface area (Å²) in [4.78, 5) is 11.3. The van der Waals surface area contributed by atoms with Crippen molar-refractivity contribution >= 4 is 21.7 Å². The zero-order chi connectivity index (χ0) is 8.67. The number of aromatic nitrogens is 3. The third-order valence-electron chi connectivity index (χ3n) is 2.24. The van der Waals surface area contributed by atoms with Gasteiger partial charge in [-0.1, -0.05) is 6.07 Å². The Balaban J connectivity index is 2.65. The summed E-state index contributed by atoms with van der Waals surface area (Å²) >= 11 is 0. The quantitative estimate of drug-likeness (QED) is 0.560. The first kappa shape index (κ1) is 6.60. The number of hydrogen-bond acceptors (Lipinski definition) is 2. The van der Waals surface area contributed by atoms with Crippen molar-refractivity contribution in [3.63, 3.8) is 0 Å². The Morgan fingerprint density at radius 3 is 2.85 bits per heavy atom. The number of hydrogen-bond donors (Lipinski definition) is 1. The summed E-state index contributed by atoms with van der Waals surface area (Å²) in [5.41, 5.74) is 1.09. The van der Waals surface area contributed by atoms with Gasteiger partial charge in [0.1, 0.15) is 0 Å². The van der Waals surface area contributed by atoms with Crippen molar-refractivity contribution in [3.8, 4) is 0 Å². The fraction of sp³-hybridized carbons (Fsp3) is 0. The van der Waals surface area contributed by atoms with Crippen LogP contribution in [0.15, 0.2) is 37.1 Å². The Hall–Kier alpha value is -1.90. The van der Waals surface area contributed by atoms with Gasteiger partial charge in [-0.15, -0.1) is 0 Å². The van der Waals surface area contributed by atoms with Crippen LogP contribution in [0.25, 0.3) is 21.7 Å². The van der Waals surface area contributed by atoms with Crippen LogP contribution in [-0.2, 0) is 0 Å². The molecule has 13 heavy (non-hydrogen) atoms. The van der Waals surface area contributed by atoms with E-state index in [2.05, 4.69) is 21.0 Å². The lowest BCUT2D eigenvalue weighted by Crippen LogP contribution is -1.80. The number of nitrogens with one attached hydrogen (secondary N) is 1. The third kappa shape index (κ3) is 0.839. The molecule has 0 saturated heterocycles. The minimum atomic E-state index is 1.09. The van der Waals surface area contributed by atoms with Crippen LogP contribution in [0.3, 0.4) is 0 Å². The first-order valence-corrected chi connectivity index (χ1v) is 4.10. The van der Waals surface area contributed by atoms with Gasteiger partial charge in [-0.3, -0.25) is 4.98 Å². The molecule has 62 valence electrons. The van der Waals surface area contributed by atoms with E-state index in [1.165, 1.54) is 0 Å². The van der Waals surface area contributed by atoms with Crippen molar-refractivity contribution in [2.45, 2.75) is 0 Å². The number of rotatable bonds is 0. The van der Waals surface area contributed by atoms with Gasteiger partial charge in [-0.2, -0.15) is 0 Å². The molecule has 0 amide bonds. The highest BCUT2D eigenvalue weighted by Crippen LogP contribution is 2.22. The molecule has 0 spiro atoms. The van der Waals surface area contributed by atoms with Gasteiger partial charge in [0.25, 0.3) is 0 Å². The average molecular weight is 169 g/mol. The van der Waals surface area contributed by atoms with Crippen LogP contribution in [0.5, 0.6) is 0 Å². The Morgan fingerprint density at radius 1 is 0.923 bits per heavy atom. The molecule has 0 atom stereocenters. The predicted octanol–water partition coefficient (Wildman–Crippen LogP) is 2.11. The molecule has 1 aromatic carbocycles. The Bertz CT molecular complexity index is 568. The van der Waals surface area contributed by atoms with Crippen LogP contribution in [0.4, 0.5) is 0 Å². The smallest absolute Gasteiger partial charge is 0.0923 e. The van der Waals surface area contributed by atoms with E-state index in [1.54, 1.807) is 6.33 Å². The standard InChI is InChI=1S/C10H7N3/c1-2-10-9(5-12-6-13-10)8-4-11-3-7(1)8/h1-6H,(H,12,13). The van der Waals surface area contributed by atoms with E-state index in [1.807, 2.05) is 24.7 Å². The lowest BCUT2D eigenvalue weighted by atomic mass is 10.1. The van der Waals surface area contributed by atoms with Gasteiger partial charge in [0.05, 0.1) is 6.33 Å². The van der Waals surface area contributed by atoms with Crippen molar-refractivity contribution in [1.29, 1.82) is 0 Å². The number of H-pyrrole nitrogens is 1. The van der Waals surface area contributed by atoms with Gasteiger partial charge in [-0.05, 0) is 6.07 Å². The second kappa shape index (κ2) is 2.29. The third-order valence-corrected chi connectivity index (χ3v) is 2.24. The molecule has 2 heterocycles. The van der Waals surface area contributed by atoms with E-state index in [4.69, 9.17) is 0 Å². The molecule has 0 saturated carbocycles. The summed E-state index contributed by atoms with van der Waals surface area (Å²) in [6.45, 7) is 0. The maximum atomic E-state index is 4.11. The molecule has 0 radical (unpaired) electrons. The van der Waals surface area contributed by atoms with Crippen LogP contribution < -0.4 is 0 Å². The molecule has 2 aromatic heterocycles. The van der Waals surface area contributed by atoms with Gasteiger partial charge in [0.2, 0.25) is 0 Å². The summed E-state index contributed by atoms with van der Waals surface area (Å²) in [7, 11) is 0. The predicted molar refractivity (Wildman–Crippen MR) is 51.4 cm³/mol. The highest BCUT2D eigenvalue weighted by molar-refractivity contribution is 6.05. The molecule has 3 rings (SSSR count). The van der Waals surface area contributed by atoms with Crippen LogP contribution in [-0.4, -0.2) is 15.0 Å². The average Bonchev–Trinajstić information content (AvgIpc) is 2.65. The van der Waals surface area contributed by atoms with Crippen LogP contribution in [0.1, 0.15) is 0 Å². The molecule has 0 aliphatic rings. The Morgan fingerprint density at radius 2 is 1.85 bits per heavy atom. The van der Waals surface area contributed by atoms with E-state index in [9.17, 15) is 0 Å². The monoisotopic (exact) mass is 169 g/mol. The lowest BCUT2D eigenvalue weighted by molar-refractivity contribution is 1.23. The highest BCUT2D eigenvalue weighted by Gasteiger charge is 2.00. The van der Waals surface area contributed by atoms with Crippen molar-refractivity contribution in [2.24, 2.45) is 0 Å². The topological polar surface area (TPSA) is 41.6 Å². The molecule has 0 aliphatic heterocycles. The Labute approximate surface area is 74.4 Å². The molecule has 1 N–H and O–H groups in total. The van der Waals surface area contributed by atoms with Crippen LogP contribution in [0.2, 0.25) is 0 Å². The zero-order valence-electron chi connectivity index (χ0n) is 6.86. The normalized spacial score (nSPS) is 11.1. The van der Waals surface area contributed by atoms with E-state index in [0.717, 1.165) is 21.7 Å². The number of benzene rings is 1. The summed E-state index contributed by atoms with van der Waals surface area (Å²) in [6, 6.07) is 4.10. The second-order valence-electron chi connectivity index (χ2n) is 2.99. The number of nitrogens with zero attached hydrogens (tertiary/aromatic N) is 2. The fourth-order valence-electron chi connectivity index (χ4n) is 1.59. The molecule has 0 bridgehead atoms. The first-order chi connectivity index (χ1) is 6.45. The van der Waals surface area contributed by atoms with E-state index < -0.39 is 0 Å². The molecular weight excluding hydrogens is 162 g/mol. The van der Waals surface area contributed by atoms with E-state index in [-0.39, 0.29) is 0 Å².